The number of aromatic nitrogens is 2. The van der Waals surface area contributed by atoms with E-state index in [0.717, 1.165) is 5.39 Å². The second-order valence-electron chi connectivity index (χ2n) is 7.60. The Balaban J connectivity index is 1.84. The summed E-state index contributed by atoms with van der Waals surface area (Å²) in [4.78, 5) is 21.2. The van der Waals surface area contributed by atoms with Gasteiger partial charge in [-0.3, -0.25) is 0 Å². The maximum Gasteiger partial charge on any atom is 0.328 e. The average Bonchev–Trinajstić information content (AvgIpc) is 2.76. The minimum absolute atomic E-state index is 0.0579. The first-order chi connectivity index (χ1) is 15.2. The van der Waals surface area contributed by atoms with E-state index >= 15 is 0 Å². The average molecular weight is 477 g/mol. The molecule has 2 N–H and O–H groups in total. The molecule has 170 valence electrons. The van der Waals surface area contributed by atoms with Crippen molar-refractivity contribution in [1.82, 2.24) is 14.7 Å². The third-order valence-corrected chi connectivity index (χ3v) is 6.33. The molecule has 0 radical (unpaired) electrons. The molecular formula is C22H25ClN4O4S. The predicted octanol–water partition coefficient (Wildman–Crippen LogP) is 3.51. The van der Waals surface area contributed by atoms with Crippen molar-refractivity contribution in [3.63, 3.8) is 0 Å². The lowest BCUT2D eigenvalue weighted by molar-refractivity contribution is -0.142. The van der Waals surface area contributed by atoms with E-state index in [1.165, 1.54) is 7.11 Å². The molecule has 3 aromatic rings. The second-order valence-corrected chi connectivity index (χ2v) is 9.84. The van der Waals surface area contributed by atoms with Crippen LogP contribution >= 0.6 is 11.6 Å². The van der Waals surface area contributed by atoms with Crippen LogP contribution in [0.15, 0.2) is 48.5 Å². The van der Waals surface area contributed by atoms with Gasteiger partial charge in [0.1, 0.15) is 17.7 Å². The summed E-state index contributed by atoms with van der Waals surface area (Å²) in [5.74, 6) is 0.0518. The van der Waals surface area contributed by atoms with E-state index in [1.807, 2.05) is 32.0 Å². The fourth-order valence-corrected chi connectivity index (χ4v) is 4.32. The van der Waals surface area contributed by atoms with Gasteiger partial charge in [-0.05, 0) is 35.7 Å². The van der Waals surface area contributed by atoms with Gasteiger partial charge < -0.3 is 10.1 Å². The van der Waals surface area contributed by atoms with Crippen LogP contribution in [0.3, 0.4) is 0 Å². The van der Waals surface area contributed by atoms with Crippen molar-refractivity contribution in [1.29, 1.82) is 0 Å². The summed E-state index contributed by atoms with van der Waals surface area (Å²) < 4.78 is 32.5. The molecule has 0 aliphatic carbocycles. The van der Waals surface area contributed by atoms with Crippen LogP contribution in [0.4, 0.5) is 5.82 Å². The zero-order valence-corrected chi connectivity index (χ0v) is 19.6. The zero-order valence-electron chi connectivity index (χ0n) is 18.0. The Morgan fingerprint density at radius 2 is 1.78 bits per heavy atom. The van der Waals surface area contributed by atoms with Gasteiger partial charge in [0.05, 0.1) is 24.9 Å². The summed E-state index contributed by atoms with van der Waals surface area (Å²) >= 11 is 5.85. The number of esters is 1. The van der Waals surface area contributed by atoms with E-state index in [2.05, 4.69) is 20.0 Å². The molecule has 0 amide bonds. The number of sulfonamides is 1. The maximum absolute atomic E-state index is 12.5. The van der Waals surface area contributed by atoms with E-state index < -0.39 is 22.0 Å². The molecule has 1 aromatic heterocycles. The summed E-state index contributed by atoms with van der Waals surface area (Å²) in [7, 11) is -2.30. The van der Waals surface area contributed by atoms with Crippen LogP contribution in [0, 0.1) is 5.92 Å². The largest absolute Gasteiger partial charge is 0.467 e. The van der Waals surface area contributed by atoms with Gasteiger partial charge in [-0.15, -0.1) is 0 Å². The number of halogens is 1. The normalized spacial score (nSPS) is 12.7. The maximum atomic E-state index is 12.5. The lowest BCUT2D eigenvalue weighted by Gasteiger charge is -2.21. The van der Waals surface area contributed by atoms with Crippen molar-refractivity contribution < 1.29 is 17.9 Å². The monoisotopic (exact) mass is 476 g/mol. The number of hydrogen-bond donors (Lipinski definition) is 2. The van der Waals surface area contributed by atoms with Crippen LogP contribution in [-0.4, -0.2) is 37.5 Å². The third kappa shape index (κ3) is 6.15. The van der Waals surface area contributed by atoms with Gasteiger partial charge in [0, 0.05) is 10.4 Å². The Kier molecular flexibility index (Phi) is 7.65. The smallest absolute Gasteiger partial charge is 0.328 e. The molecule has 0 aliphatic rings. The topological polar surface area (TPSA) is 110 Å². The number of ether oxygens (including phenoxy) is 1. The van der Waals surface area contributed by atoms with Crippen molar-refractivity contribution >= 4 is 44.3 Å². The molecule has 1 heterocycles. The van der Waals surface area contributed by atoms with Gasteiger partial charge in [0.2, 0.25) is 10.0 Å². The first-order valence-electron chi connectivity index (χ1n) is 10.0. The molecule has 1 atom stereocenters. The van der Waals surface area contributed by atoms with Gasteiger partial charge in [-0.25, -0.2) is 27.9 Å². The molecule has 0 aliphatic heterocycles. The van der Waals surface area contributed by atoms with E-state index in [9.17, 15) is 13.2 Å². The predicted molar refractivity (Wildman–Crippen MR) is 125 cm³/mol. The Morgan fingerprint density at radius 3 is 2.44 bits per heavy atom. The van der Waals surface area contributed by atoms with Crippen LogP contribution in [-0.2, 0) is 31.9 Å². The van der Waals surface area contributed by atoms with E-state index in [4.69, 9.17) is 16.3 Å². The number of hydrogen-bond acceptors (Lipinski definition) is 7. The van der Waals surface area contributed by atoms with Gasteiger partial charge in [-0.2, -0.15) is 0 Å². The molecule has 0 spiro atoms. The SMILES string of the molecule is COC(=O)[C@@H](Nc1nc(CNS(=O)(=O)Cc2ccc(Cl)cc2)nc2ccccc12)C(C)C. The molecule has 2 aromatic carbocycles. The fraction of sp³-hybridized carbons (Fsp3) is 0.318. The number of benzene rings is 2. The minimum atomic E-state index is -3.63. The van der Waals surface area contributed by atoms with E-state index in [0.29, 0.717) is 21.9 Å². The van der Waals surface area contributed by atoms with Crippen molar-refractivity contribution in [2.75, 3.05) is 12.4 Å². The molecule has 0 saturated carbocycles. The quantitative estimate of drug-likeness (QED) is 0.454. The molecule has 0 saturated heterocycles. The summed E-state index contributed by atoms with van der Waals surface area (Å²) in [6.07, 6.45) is 0. The number of rotatable bonds is 9. The summed E-state index contributed by atoms with van der Waals surface area (Å²) in [6, 6.07) is 13.3. The highest BCUT2D eigenvalue weighted by Gasteiger charge is 2.24. The summed E-state index contributed by atoms with van der Waals surface area (Å²) in [6.45, 7) is 3.69. The lowest BCUT2D eigenvalue weighted by atomic mass is 10.0. The number of methoxy groups -OCH3 is 1. The number of nitrogens with zero attached hydrogens (tertiary/aromatic N) is 2. The zero-order chi connectivity index (χ0) is 23.3. The first-order valence-corrected chi connectivity index (χ1v) is 12.0. The molecule has 3 rings (SSSR count). The summed E-state index contributed by atoms with van der Waals surface area (Å²) in [5.41, 5.74) is 1.24. The van der Waals surface area contributed by atoms with Crippen LogP contribution in [0.25, 0.3) is 10.9 Å². The number of carbonyl (C=O) groups excluding carboxylic acids is 1. The van der Waals surface area contributed by atoms with Crippen molar-refractivity contribution in [3.05, 3.63) is 64.9 Å². The van der Waals surface area contributed by atoms with Crippen LogP contribution < -0.4 is 10.0 Å². The Bertz CT molecular complexity index is 1200. The van der Waals surface area contributed by atoms with Crippen LogP contribution in [0.5, 0.6) is 0 Å². The van der Waals surface area contributed by atoms with Crippen molar-refractivity contribution in [2.45, 2.75) is 32.2 Å². The number of fused-ring (bicyclic) bond motifs is 1. The Morgan fingerprint density at radius 1 is 1.09 bits per heavy atom. The standard InChI is InChI=1S/C22H25ClN4O4S/c1-14(2)20(22(28)31-3)27-21-17-6-4-5-7-18(17)25-19(26-21)12-24-32(29,30)13-15-8-10-16(23)11-9-15/h4-11,14,20,24H,12-13H2,1-3H3,(H,25,26,27)/t20-/m0/s1. The minimum Gasteiger partial charge on any atom is -0.467 e. The van der Waals surface area contributed by atoms with Crippen molar-refractivity contribution in [3.8, 4) is 0 Å². The summed E-state index contributed by atoms with van der Waals surface area (Å²) in [5, 5.41) is 4.39. The molecular weight excluding hydrogens is 452 g/mol. The van der Waals surface area contributed by atoms with Gasteiger partial charge in [0.25, 0.3) is 0 Å². The Labute approximate surface area is 192 Å². The number of para-hydroxylation sites is 1. The molecule has 8 nitrogen and oxygen atoms in total. The van der Waals surface area contributed by atoms with Gasteiger partial charge in [0.15, 0.2) is 0 Å². The lowest BCUT2D eigenvalue weighted by Crippen LogP contribution is -2.36. The molecule has 10 heteroatoms. The van der Waals surface area contributed by atoms with Crippen LogP contribution in [0.2, 0.25) is 5.02 Å². The third-order valence-electron chi connectivity index (χ3n) is 4.78. The van der Waals surface area contributed by atoms with Crippen molar-refractivity contribution in [2.24, 2.45) is 5.92 Å². The second kappa shape index (κ2) is 10.2. The number of nitrogens with one attached hydrogen (secondary N) is 2. The van der Waals surface area contributed by atoms with Crippen LogP contribution in [0.1, 0.15) is 25.2 Å². The molecule has 0 unspecified atom stereocenters. The highest BCUT2D eigenvalue weighted by Crippen LogP contribution is 2.23. The fourth-order valence-electron chi connectivity index (χ4n) is 3.11. The molecule has 0 fully saturated rings. The number of anilines is 1. The van der Waals surface area contributed by atoms with E-state index in [1.54, 1.807) is 30.3 Å². The molecule has 32 heavy (non-hydrogen) atoms. The number of carbonyl (C=O) groups is 1. The highest BCUT2D eigenvalue weighted by molar-refractivity contribution is 7.88. The Hall–Kier alpha value is -2.75. The first kappa shape index (κ1) is 23.9. The van der Waals surface area contributed by atoms with E-state index in [-0.39, 0.29) is 24.0 Å². The van der Waals surface area contributed by atoms with Gasteiger partial charge >= 0.3 is 5.97 Å². The molecule has 0 bridgehead atoms. The van der Waals surface area contributed by atoms with Gasteiger partial charge in [-0.1, -0.05) is 49.7 Å². The highest BCUT2D eigenvalue weighted by atomic mass is 35.5.